The summed E-state index contributed by atoms with van der Waals surface area (Å²) in [7, 11) is -3.03. The Balaban J connectivity index is 1.25. The van der Waals surface area contributed by atoms with Crippen LogP contribution in [0.4, 0.5) is 17.7 Å². The zero-order valence-corrected chi connectivity index (χ0v) is 19.4. The molecule has 2 N–H and O–H groups in total. The molecule has 11 heteroatoms. The van der Waals surface area contributed by atoms with Gasteiger partial charge in [-0.2, -0.15) is 4.98 Å². The van der Waals surface area contributed by atoms with E-state index in [4.69, 9.17) is 9.97 Å². The number of fused-ring (bicyclic) bond motifs is 1. The van der Waals surface area contributed by atoms with Gasteiger partial charge in [0.15, 0.2) is 9.84 Å². The summed E-state index contributed by atoms with van der Waals surface area (Å²) in [4.78, 5) is 34.6. The van der Waals surface area contributed by atoms with Gasteiger partial charge in [-0.25, -0.2) is 18.4 Å². The third-order valence-electron chi connectivity index (χ3n) is 7.22. The first kappa shape index (κ1) is 20.9. The molecule has 2 aromatic heterocycles. The van der Waals surface area contributed by atoms with Gasteiger partial charge in [-0.1, -0.05) is 0 Å². The number of aryl methyl sites for hydroxylation is 1. The molecule has 4 heterocycles. The highest BCUT2D eigenvalue weighted by Gasteiger charge is 2.38. The van der Waals surface area contributed by atoms with Crippen molar-refractivity contribution < 1.29 is 13.2 Å². The van der Waals surface area contributed by atoms with Crippen LogP contribution in [0, 0.1) is 0 Å². The molecule has 2 aliphatic heterocycles. The number of hydrogen-bond donors (Lipinski definition) is 2. The van der Waals surface area contributed by atoms with E-state index in [0.29, 0.717) is 24.4 Å². The van der Waals surface area contributed by atoms with Gasteiger partial charge in [-0.3, -0.25) is 4.79 Å². The summed E-state index contributed by atoms with van der Waals surface area (Å²) in [5.41, 5.74) is 3.34. The van der Waals surface area contributed by atoms with E-state index >= 15 is 0 Å². The van der Waals surface area contributed by atoms with Gasteiger partial charge < -0.3 is 20.1 Å². The van der Waals surface area contributed by atoms with Crippen LogP contribution in [0.2, 0.25) is 0 Å². The Morgan fingerprint density at radius 2 is 1.88 bits per heavy atom. The Hall–Kier alpha value is -2.69. The molecule has 4 aliphatic rings. The van der Waals surface area contributed by atoms with E-state index in [1.807, 2.05) is 11.1 Å². The van der Waals surface area contributed by atoms with E-state index < -0.39 is 9.84 Å². The zero-order chi connectivity index (χ0) is 22.6. The molecule has 176 valence electrons. The van der Waals surface area contributed by atoms with Crippen LogP contribution in [0.1, 0.15) is 55.0 Å². The van der Waals surface area contributed by atoms with Crippen molar-refractivity contribution in [3.05, 3.63) is 23.1 Å². The smallest absolute Gasteiger partial charge is 0.245 e. The molecule has 0 bridgehead atoms. The van der Waals surface area contributed by atoms with Crippen molar-refractivity contribution in [2.45, 2.75) is 56.9 Å². The molecule has 2 aliphatic carbocycles. The first-order chi connectivity index (χ1) is 16.0. The zero-order valence-electron chi connectivity index (χ0n) is 18.6. The Labute approximate surface area is 193 Å². The number of rotatable bonds is 5. The topological polar surface area (TPSA) is 124 Å². The molecule has 2 saturated heterocycles. The summed E-state index contributed by atoms with van der Waals surface area (Å²) in [6.07, 6.45) is 8.81. The van der Waals surface area contributed by atoms with Gasteiger partial charge in [0.05, 0.1) is 23.4 Å². The second-order valence-electron chi connectivity index (χ2n) is 9.57. The predicted molar refractivity (Wildman–Crippen MR) is 124 cm³/mol. The van der Waals surface area contributed by atoms with Crippen LogP contribution in [-0.4, -0.2) is 76.3 Å². The molecule has 0 unspecified atom stereocenters. The van der Waals surface area contributed by atoms with Crippen molar-refractivity contribution in [3.63, 3.8) is 0 Å². The minimum Gasteiger partial charge on any atom is -0.339 e. The van der Waals surface area contributed by atoms with Gasteiger partial charge in [0.25, 0.3) is 0 Å². The van der Waals surface area contributed by atoms with Gasteiger partial charge in [0, 0.05) is 36.8 Å². The number of aromatic nitrogens is 4. The van der Waals surface area contributed by atoms with Gasteiger partial charge in [-0.05, 0) is 44.9 Å². The Bertz CT molecular complexity index is 1180. The summed E-state index contributed by atoms with van der Waals surface area (Å²) < 4.78 is 23.6. The molecule has 0 radical (unpaired) electrons. The maximum atomic E-state index is 13.3. The van der Waals surface area contributed by atoms with Gasteiger partial charge >= 0.3 is 0 Å². The summed E-state index contributed by atoms with van der Waals surface area (Å²) in [6, 6.07) is -0.344. The second-order valence-corrected chi connectivity index (χ2v) is 11.9. The van der Waals surface area contributed by atoms with E-state index in [-0.39, 0.29) is 36.5 Å². The fourth-order valence-electron chi connectivity index (χ4n) is 5.17. The number of H-pyrrole nitrogens is 1. The Morgan fingerprint density at radius 1 is 1.06 bits per heavy atom. The Kier molecular flexibility index (Phi) is 5.04. The van der Waals surface area contributed by atoms with Crippen molar-refractivity contribution in [2.75, 3.05) is 41.4 Å². The number of imidazole rings is 1. The van der Waals surface area contributed by atoms with Gasteiger partial charge in [0.2, 0.25) is 17.8 Å². The molecular formula is C22H29N7O3S. The van der Waals surface area contributed by atoms with Crippen molar-refractivity contribution in [1.82, 2.24) is 24.8 Å². The van der Waals surface area contributed by atoms with Crippen LogP contribution < -0.4 is 10.2 Å². The maximum absolute atomic E-state index is 13.3. The number of aromatic amines is 1. The summed E-state index contributed by atoms with van der Waals surface area (Å²) in [5, 5.41) is 3.38. The molecule has 1 atom stereocenters. The van der Waals surface area contributed by atoms with Crippen molar-refractivity contribution in [3.8, 4) is 0 Å². The first-order valence-corrected chi connectivity index (χ1v) is 13.8. The molecule has 33 heavy (non-hydrogen) atoms. The highest BCUT2D eigenvalue weighted by Crippen LogP contribution is 2.39. The Morgan fingerprint density at radius 3 is 2.67 bits per heavy atom. The molecule has 1 saturated carbocycles. The van der Waals surface area contributed by atoms with E-state index in [2.05, 4.69) is 15.3 Å². The third kappa shape index (κ3) is 4.07. The molecule has 0 aromatic carbocycles. The number of nitrogens with zero attached hydrogens (tertiary/aromatic N) is 5. The van der Waals surface area contributed by atoms with Crippen LogP contribution >= 0.6 is 0 Å². The molecule has 6 rings (SSSR count). The minimum absolute atomic E-state index is 0.0129. The monoisotopic (exact) mass is 471 g/mol. The lowest BCUT2D eigenvalue weighted by molar-refractivity contribution is -0.132. The third-order valence-corrected chi connectivity index (χ3v) is 8.83. The lowest BCUT2D eigenvalue weighted by Crippen LogP contribution is -2.51. The number of carbonyl (C=O) groups excluding carboxylic acids is 1. The maximum Gasteiger partial charge on any atom is 0.245 e. The number of hydrogen-bond acceptors (Lipinski definition) is 8. The summed E-state index contributed by atoms with van der Waals surface area (Å²) in [5.74, 6) is 2.71. The molecule has 2 aromatic rings. The largest absolute Gasteiger partial charge is 0.339 e. The SMILES string of the molecule is O=C([C@H]1CCCN1c1nc2c(c(Nc3ncc(C4CC4)[nH]3)n1)CCC2)N1CCS(=O)(=O)CC1. The first-order valence-electron chi connectivity index (χ1n) is 11.9. The van der Waals surface area contributed by atoms with E-state index in [9.17, 15) is 13.2 Å². The quantitative estimate of drug-likeness (QED) is 0.673. The molecule has 1 amide bonds. The number of nitrogens with one attached hydrogen (secondary N) is 2. The summed E-state index contributed by atoms with van der Waals surface area (Å²) in [6.45, 7) is 1.25. The van der Waals surface area contributed by atoms with Crippen molar-refractivity contribution in [2.24, 2.45) is 0 Å². The van der Waals surface area contributed by atoms with E-state index in [1.54, 1.807) is 4.90 Å². The standard InChI is InChI=1S/C22H29N7O3S/c30-20(28-9-11-33(31,32)12-10-28)18-5-2-8-29(18)22-25-16-4-1-3-15(16)19(27-22)26-21-23-13-17(24-21)14-6-7-14/h13-14,18H,1-12H2,(H2,23,24,25,26,27)/t18-/m1/s1. The van der Waals surface area contributed by atoms with E-state index in [0.717, 1.165) is 54.9 Å². The second kappa shape index (κ2) is 7.96. The van der Waals surface area contributed by atoms with Crippen LogP contribution in [0.25, 0.3) is 0 Å². The van der Waals surface area contributed by atoms with Gasteiger partial charge in [-0.15, -0.1) is 0 Å². The number of carbonyl (C=O) groups is 1. The number of sulfone groups is 1. The average molecular weight is 472 g/mol. The number of amides is 1. The molecule has 0 spiro atoms. The average Bonchev–Trinajstić information content (AvgIpc) is 3.19. The summed E-state index contributed by atoms with van der Waals surface area (Å²) >= 11 is 0. The van der Waals surface area contributed by atoms with Crippen molar-refractivity contribution in [1.29, 1.82) is 0 Å². The minimum atomic E-state index is -3.03. The van der Waals surface area contributed by atoms with E-state index in [1.165, 1.54) is 12.8 Å². The predicted octanol–water partition coefficient (Wildman–Crippen LogP) is 1.54. The van der Waals surface area contributed by atoms with Gasteiger partial charge in [0.1, 0.15) is 11.9 Å². The normalized spacial score (nSPS) is 24.2. The molecule has 10 nitrogen and oxygen atoms in total. The fourth-order valence-corrected chi connectivity index (χ4v) is 6.37. The highest BCUT2D eigenvalue weighted by molar-refractivity contribution is 7.91. The lowest BCUT2D eigenvalue weighted by atomic mass is 10.2. The molecule has 3 fully saturated rings. The highest BCUT2D eigenvalue weighted by atomic mass is 32.2. The van der Waals surface area contributed by atoms with Crippen LogP contribution in [-0.2, 0) is 27.5 Å². The fraction of sp³-hybridized carbons (Fsp3) is 0.636. The lowest BCUT2D eigenvalue weighted by Gasteiger charge is -2.32. The number of anilines is 3. The molecular weight excluding hydrogens is 442 g/mol. The van der Waals surface area contributed by atoms with Crippen LogP contribution in [0.5, 0.6) is 0 Å². The van der Waals surface area contributed by atoms with Crippen LogP contribution in [0.3, 0.4) is 0 Å². The van der Waals surface area contributed by atoms with Crippen LogP contribution in [0.15, 0.2) is 6.20 Å². The van der Waals surface area contributed by atoms with Crippen molar-refractivity contribution >= 4 is 33.5 Å².